The number of carbonyl (C=O) groups is 1. The van der Waals surface area contributed by atoms with Crippen LogP contribution in [-0.4, -0.2) is 40.3 Å². The van der Waals surface area contributed by atoms with Crippen molar-refractivity contribution in [2.75, 3.05) is 25.4 Å². The molecule has 3 heterocycles. The predicted octanol–water partition coefficient (Wildman–Crippen LogP) is 3.68. The quantitative estimate of drug-likeness (QED) is 0.502. The molecule has 0 bridgehead atoms. The maximum Gasteiger partial charge on any atom is 0.201 e. The van der Waals surface area contributed by atoms with Crippen molar-refractivity contribution < 1.29 is 13.6 Å². The lowest BCUT2D eigenvalue weighted by Gasteiger charge is -2.13. The highest BCUT2D eigenvalue weighted by Crippen LogP contribution is 2.26. The molecule has 5 nitrogen and oxygen atoms in total. The standard InChI is InChI=1S/C21H22F2N4O/c22-16-5-6-17(24)19(23)18(16)20(28)15-12-26-21-14(15)10-13(11-25-21)4-3-9-27-7-1-2-8-27/h5-6,10-12H,1-4,7-9,24H2,(H,25,26). The number of likely N-dealkylation sites (tertiary alicyclic amines) is 1. The zero-order chi connectivity index (χ0) is 19.7. The molecule has 0 atom stereocenters. The number of fused-ring (bicyclic) bond motifs is 1. The molecule has 1 aromatic carbocycles. The predicted molar refractivity (Wildman–Crippen MR) is 104 cm³/mol. The first-order valence-corrected chi connectivity index (χ1v) is 9.51. The van der Waals surface area contributed by atoms with Crippen molar-refractivity contribution in [1.82, 2.24) is 14.9 Å². The van der Waals surface area contributed by atoms with E-state index in [0.29, 0.717) is 11.0 Å². The van der Waals surface area contributed by atoms with Crippen LogP contribution in [0.15, 0.2) is 30.6 Å². The van der Waals surface area contributed by atoms with Crippen molar-refractivity contribution in [3.63, 3.8) is 0 Å². The number of aromatic amines is 1. The van der Waals surface area contributed by atoms with Crippen molar-refractivity contribution in [2.45, 2.75) is 25.7 Å². The Balaban J connectivity index is 1.59. The number of halogens is 2. The van der Waals surface area contributed by atoms with Gasteiger partial charge in [0, 0.05) is 23.3 Å². The summed E-state index contributed by atoms with van der Waals surface area (Å²) in [7, 11) is 0. The number of nitrogens with two attached hydrogens (primary N) is 1. The summed E-state index contributed by atoms with van der Waals surface area (Å²) in [5.41, 5.74) is 6.30. The average molecular weight is 384 g/mol. The Hall–Kier alpha value is -2.80. The topological polar surface area (TPSA) is 75.0 Å². The maximum absolute atomic E-state index is 14.3. The van der Waals surface area contributed by atoms with Crippen LogP contribution in [0.1, 0.15) is 40.7 Å². The Bertz CT molecular complexity index is 1020. The van der Waals surface area contributed by atoms with Gasteiger partial charge in [0.05, 0.1) is 11.3 Å². The number of nitrogen functional groups attached to an aromatic ring is 1. The molecule has 0 aliphatic carbocycles. The van der Waals surface area contributed by atoms with E-state index < -0.39 is 23.0 Å². The first-order valence-electron chi connectivity index (χ1n) is 9.51. The summed E-state index contributed by atoms with van der Waals surface area (Å²) in [4.78, 5) is 22.5. The zero-order valence-electron chi connectivity index (χ0n) is 15.5. The summed E-state index contributed by atoms with van der Waals surface area (Å²) >= 11 is 0. The third-order valence-electron chi connectivity index (χ3n) is 5.32. The lowest BCUT2D eigenvalue weighted by Crippen LogP contribution is -2.20. The molecule has 146 valence electrons. The van der Waals surface area contributed by atoms with Gasteiger partial charge in [-0.25, -0.2) is 13.8 Å². The molecular weight excluding hydrogens is 362 g/mol. The smallest absolute Gasteiger partial charge is 0.201 e. The molecule has 3 N–H and O–H groups in total. The number of aryl methyl sites for hydroxylation is 1. The van der Waals surface area contributed by atoms with Gasteiger partial charge in [0.15, 0.2) is 5.82 Å². The second kappa shape index (κ2) is 7.67. The van der Waals surface area contributed by atoms with E-state index in [-0.39, 0.29) is 11.3 Å². The monoisotopic (exact) mass is 384 g/mol. The Morgan fingerprint density at radius 1 is 1.25 bits per heavy atom. The van der Waals surface area contributed by atoms with Gasteiger partial charge in [-0.2, -0.15) is 0 Å². The van der Waals surface area contributed by atoms with Gasteiger partial charge in [0.1, 0.15) is 11.5 Å². The van der Waals surface area contributed by atoms with Gasteiger partial charge >= 0.3 is 0 Å². The number of aromatic nitrogens is 2. The molecule has 0 unspecified atom stereocenters. The second-order valence-corrected chi connectivity index (χ2v) is 7.25. The van der Waals surface area contributed by atoms with Crippen LogP contribution in [0.5, 0.6) is 0 Å². The Morgan fingerprint density at radius 3 is 2.82 bits per heavy atom. The van der Waals surface area contributed by atoms with Gasteiger partial charge in [-0.15, -0.1) is 0 Å². The number of rotatable bonds is 6. The number of anilines is 1. The first kappa shape index (κ1) is 18.6. The maximum atomic E-state index is 14.3. The van der Waals surface area contributed by atoms with E-state index in [1.807, 2.05) is 6.07 Å². The summed E-state index contributed by atoms with van der Waals surface area (Å²) in [6.07, 6.45) is 7.58. The number of hydrogen-bond donors (Lipinski definition) is 2. The van der Waals surface area contributed by atoms with Crippen LogP contribution in [0.25, 0.3) is 11.0 Å². The molecule has 1 saturated heterocycles. The molecule has 4 rings (SSSR count). The molecule has 1 fully saturated rings. The van der Waals surface area contributed by atoms with Crippen molar-refractivity contribution in [1.29, 1.82) is 0 Å². The van der Waals surface area contributed by atoms with E-state index in [1.54, 1.807) is 6.20 Å². The SMILES string of the molecule is Nc1ccc(F)c(C(=O)c2c[nH]c3ncc(CCCN4CCCC4)cc23)c1F. The van der Waals surface area contributed by atoms with Crippen molar-refractivity contribution in [2.24, 2.45) is 0 Å². The number of benzene rings is 1. The molecular formula is C21H22F2N4O. The molecule has 28 heavy (non-hydrogen) atoms. The number of carbonyl (C=O) groups excluding carboxylic acids is 1. The van der Waals surface area contributed by atoms with Crippen LogP contribution < -0.4 is 5.73 Å². The fourth-order valence-electron chi connectivity index (χ4n) is 3.80. The third-order valence-corrected chi connectivity index (χ3v) is 5.32. The van der Waals surface area contributed by atoms with E-state index in [1.165, 1.54) is 19.0 Å². The average Bonchev–Trinajstić information content (AvgIpc) is 3.34. The normalized spacial score (nSPS) is 14.8. The number of ketones is 1. The van der Waals surface area contributed by atoms with Gasteiger partial charge in [0.25, 0.3) is 0 Å². The molecule has 7 heteroatoms. The molecule has 1 aliphatic rings. The Kier molecular flexibility index (Phi) is 5.09. The minimum atomic E-state index is -1.03. The summed E-state index contributed by atoms with van der Waals surface area (Å²) in [5.74, 6) is -2.71. The Labute approximate surface area is 161 Å². The number of nitrogens with zero attached hydrogens (tertiary/aromatic N) is 2. The highest BCUT2D eigenvalue weighted by Gasteiger charge is 2.23. The van der Waals surface area contributed by atoms with Crippen LogP contribution in [0.2, 0.25) is 0 Å². The molecule has 0 spiro atoms. The lowest BCUT2D eigenvalue weighted by atomic mass is 10.0. The number of nitrogens with one attached hydrogen (secondary N) is 1. The van der Waals surface area contributed by atoms with Crippen LogP contribution in [0.4, 0.5) is 14.5 Å². The summed E-state index contributed by atoms with van der Waals surface area (Å²) < 4.78 is 28.4. The van der Waals surface area contributed by atoms with E-state index in [9.17, 15) is 13.6 Å². The van der Waals surface area contributed by atoms with Crippen LogP contribution in [0.3, 0.4) is 0 Å². The van der Waals surface area contributed by atoms with Crippen LogP contribution in [-0.2, 0) is 6.42 Å². The largest absolute Gasteiger partial charge is 0.396 e. The zero-order valence-corrected chi connectivity index (χ0v) is 15.5. The molecule has 0 radical (unpaired) electrons. The van der Waals surface area contributed by atoms with Gasteiger partial charge in [-0.1, -0.05) is 0 Å². The lowest BCUT2D eigenvalue weighted by molar-refractivity contribution is 0.103. The highest BCUT2D eigenvalue weighted by molar-refractivity contribution is 6.16. The molecule has 0 saturated carbocycles. The van der Waals surface area contributed by atoms with Gasteiger partial charge in [-0.3, -0.25) is 4.79 Å². The van der Waals surface area contributed by atoms with Crippen molar-refractivity contribution >= 4 is 22.5 Å². The van der Waals surface area contributed by atoms with Gasteiger partial charge in [0.2, 0.25) is 5.78 Å². The van der Waals surface area contributed by atoms with Crippen molar-refractivity contribution in [3.05, 3.63) is 58.9 Å². The van der Waals surface area contributed by atoms with Gasteiger partial charge < -0.3 is 15.6 Å². The fraction of sp³-hybridized carbons (Fsp3) is 0.333. The minimum absolute atomic E-state index is 0.187. The summed E-state index contributed by atoms with van der Waals surface area (Å²) in [6, 6.07) is 3.98. The first-order chi connectivity index (χ1) is 13.5. The van der Waals surface area contributed by atoms with Gasteiger partial charge in [-0.05, 0) is 69.1 Å². The summed E-state index contributed by atoms with van der Waals surface area (Å²) in [6.45, 7) is 3.35. The fourth-order valence-corrected chi connectivity index (χ4v) is 3.80. The number of H-pyrrole nitrogens is 1. The number of hydrogen-bond acceptors (Lipinski definition) is 4. The molecule has 1 aliphatic heterocycles. The molecule has 2 aromatic heterocycles. The van der Waals surface area contributed by atoms with E-state index >= 15 is 0 Å². The van der Waals surface area contributed by atoms with E-state index in [4.69, 9.17) is 5.73 Å². The summed E-state index contributed by atoms with van der Waals surface area (Å²) in [5, 5.41) is 0.560. The van der Waals surface area contributed by atoms with E-state index in [2.05, 4.69) is 14.9 Å². The third kappa shape index (κ3) is 3.49. The minimum Gasteiger partial charge on any atom is -0.396 e. The van der Waals surface area contributed by atoms with Crippen molar-refractivity contribution in [3.8, 4) is 0 Å². The van der Waals surface area contributed by atoms with Crippen LogP contribution in [0, 0.1) is 11.6 Å². The highest BCUT2D eigenvalue weighted by atomic mass is 19.1. The number of pyridine rings is 1. The Morgan fingerprint density at radius 2 is 2.04 bits per heavy atom. The van der Waals surface area contributed by atoms with E-state index in [0.717, 1.165) is 50.2 Å². The second-order valence-electron chi connectivity index (χ2n) is 7.25. The molecule has 0 amide bonds. The van der Waals surface area contributed by atoms with Crippen LogP contribution >= 0.6 is 0 Å². The molecule has 3 aromatic rings.